The molecule has 6 nitrogen and oxygen atoms in total. The molecule has 0 aliphatic heterocycles. The van der Waals surface area contributed by atoms with Crippen LogP contribution in [0.25, 0.3) is 16.6 Å². The molecule has 3 aromatic carbocycles. The van der Waals surface area contributed by atoms with E-state index in [-0.39, 0.29) is 17.7 Å². The molecular formula is C26H22Cl2N4O2. The number of aromatic nitrogens is 2. The molecule has 0 atom stereocenters. The standard InChI is InChI=1S/C26H22Cl2N4O2/c1-15-20(27)4-2-6-23(15)32-24-7-3-5-22(19(24)14-30-32)31-26(34)18-12-16(8-11-21(18)28)13-29-25(33)17-9-10-17/h2-8,11-12,14,17H,9-10,13H2,1H3,(H,29,33)(H,31,34). The van der Waals surface area contributed by atoms with Crippen LogP contribution in [0.2, 0.25) is 10.0 Å². The first-order chi connectivity index (χ1) is 16.4. The number of fused-ring (bicyclic) bond motifs is 1. The second-order valence-corrected chi connectivity index (χ2v) is 9.25. The van der Waals surface area contributed by atoms with Crippen molar-refractivity contribution in [2.24, 2.45) is 5.92 Å². The Hall–Kier alpha value is -3.35. The van der Waals surface area contributed by atoms with Gasteiger partial charge < -0.3 is 10.6 Å². The first-order valence-corrected chi connectivity index (χ1v) is 11.8. The molecule has 1 aliphatic rings. The van der Waals surface area contributed by atoms with Crippen molar-refractivity contribution in [2.75, 3.05) is 5.32 Å². The van der Waals surface area contributed by atoms with Crippen LogP contribution in [0.1, 0.15) is 34.3 Å². The highest BCUT2D eigenvalue weighted by Gasteiger charge is 2.29. The molecule has 8 heteroatoms. The predicted molar refractivity (Wildman–Crippen MR) is 135 cm³/mol. The van der Waals surface area contributed by atoms with Crippen LogP contribution in [0.15, 0.2) is 60.8 Å². The summed E-state index contributed by atoms with van der Waals surface area (Å²) in [4.78, 5) is 25.1. The van der Waals surface area contributed by atoms with E-state index in [0.717, 1.165) is 40.6 Å². The number of anilines is 1. The molecule has 1 aliphatic carbocycles. The van der Waals surface area contributed by atoms with Gasteiger partial charge in [0.2, 0.25) is 5.91 Å². The van der Waals surface area contributed by atoms with E-state index < -0.39 is 0 Å². The van der Waals surface area contributed by atoms with Crippen LogP contribution < -0.4 is 10.6 Å². The van der Waals surface area contributed by atoms with Gasteiger partial charge in [-0.25, -0.2) is 4.68 Å². The zero-order chi connectivity index (χ0) is 23.8. The molecule has 0 spiro atoms. The first kappa shape index (κ1) is 22.4. The van der Waals surface area contributed by atoms with Crippen molar-refractivity contribution in [1.82, 2.24) is 15.1 Å². The highest BCUT2D eigenvalue weighted by molar-refractivity contribution is 6.34. The lowest BCUT2D eigenvalue weighted by Gasteiger charge is -2.11. The molecule has 1 aromatic heterocycles. The summed E-state index contributed by atoms with van der Waals surface area (Å²) < 4.78 is 1.81. The molecule has 4 aromatic rings. The summed E-state index contributed by atoms with van der Waals surface area (Å²) in [6, 6.07) is 16.5. The number of carbonyl (C=O) groups excluding carboxylic acids is 2. The van der Waals surface area contributed by atoms with Gasteiger partial charge in [0.05, 0.1) is 33.7 Å². The van der Waals surface area contributed by atoms with Gasteiger partial charge in [-0.15, -0.1) is 0 Å². The highest BCUT2D eigenvalue weighted by Crippen LogP contribution is 2.30. The smallest absolute Gasteiger partial charge is 0.257 e. The monoisotopic (exact) mass is 492 g/mol. The highest BCUT2D eigenvalue weighted by atomic mass is 35.5. The van der Waals surface area contributed by atoms with Crippen LogP contribution in [-0.2, 0) is 11.3 Å². The van der Waals surface area contributed by atoms with E-state index in [1.807, 2.05) is 54.1 Å². The molecule has 172 valence electrons. The maximum atomic E-state index is 13.1. The molecule has 1 fully saturated rings. The first-order valence-electron chi connectivity index (χ1n) is 11.0. The molecule has 2 N–H and O–H groups in total. The molecular weight excluding hydrogens is 471 g/mol. The number of hydrogen-bond donors (Lipinski definition) is 2. The van der Waals surface area contributed by atoms with Gasteiger partial charge >= 0.3 is 0 Å². The molecule has 5 rings (SSSR count). The third-order valence-corrected chi connectivity index (χ3v) is 6.76. The van der Waals surface area contributed by atoms with Crippen LogP contribution in [0.5, 0.6) is 0 Å². The Labute approximate surface area is 206 Å². The van der Waals surface area contributed by atoms with Gasteiger partial charge in [-0.1, -0.05) is 41.4 Å². The van der Waals surface area contributed by atoms with E-state index in [1.165, 1.54) is 0 Å². The zero-order valence-corrected chi connectivity index (χ0v) is 20.0. The van der Waals surface area contributed by atoms with E-state index in [2.05, 4.69) is 15.7 Å². The van der Waals surface area contributed by atoms with Crippen molar-refractivity contribution in [1.29, 1.82) is 0 Å². The van der Waals surface area contributed by atoms with Gasteiger partial charge in [-0.3, -0.25) is 9.59 Å². The fourth-order valence-corrected chi connectivity index (χ4v) is 4.28. The molecule has 34 heavy (non-hydrogen) atoms. The Morgan fingerprint density at radius 2 is 1.85 bits per heavy atom. The summed E-state index contributed by atoms with van der Waals surface area (Å²) in [5, 5.41) is 12.2. The topological polar surface area (TPSA) is 76.0 Å². The number of benzene rings is 3. The third-order valence-electron chi connectivity index (χ3n) is 6.02. The molecule has 0 saturated heterocycles. The second-order valence-electron chi connectivity index (χ2n) is 8.44. The molecule has 0 unspecified atom stereocenters. The number of amides is 2. The van der Waals surface area contributed by atoms with E-state index in [9.17, 15) is 9.59 Å². The van der Waals surface area contributed by atoms with Crippen LogP contribution in [-0.4, -0.2) is 21.6 Å². The van der Waals surface area contributed by atoms with Crippen molar-refractivity contribution < 1.29 is 9.59 Å². The van der Waals surface area contributed by atoms with E-state index >= 15 is 0 Å². The van der Waals surface area contributed by atoms with Gasteiger partial charge in [0.1, 0.15) is 0 Å². The number of nitrogens with zero attached hydrogens (tertiary/aromatic N) is 2. The number of halogens is 2. The average molecular weight is 493 g/mol. The Morgan fingerprint density at radius 3 is 2.65 bits per heavy atom. The summed E-state index contributed by atoms with van der Waals surface area (Å²) in [7, 11) is 0. The summed E-state index contributed by atoms with van der Waals surface area (Å²) >= 11 is 12.6. The Balaban J connectivity index is 1.41. The van der Waals surface area contributed by atoms with Crippen LogP contribution in [0, 0.1) is 12.8 Å². The minimum atomic E-state index is -0.334. The van der Waals surface area contributed by atoms with Gasteiger partial charge in [0.15, 0.2) is 0 Å². The molecule has 2 amide bonds. The van der Waals surface area contributed by atoms with Crippen molar-refractivity contribution >= 4 is 51.6 Å². The molecule has 0 bridgehead atoms. The van der Waals surface area contributed by atoms with Crippen molar-refractivity contribution in [2.45, 2.75) is 26.3 Å². The third kappa shape index (κ3) is 4.39. The minimum absolute atomic E-state index is 0.0552. The van der Waals surface area contributed by atoms with E-state index in [4.69, 9.17) is 23.2 Å². The Kier molecular flexibility index (Phi) is 6.02. The van der Waals surface area contributed by atoms with Crippen LogP contribution in [0.4, 0.5) is 5.69 Å². The minimum Gasteiger partial charge on any atom is -0.352 e. The Morgan fingerprint density at radius 1 is 1.06 bits per heavy atom. The lowest BCUT2D eigenvalue weighted by Crippen LogP contribution is -2.24. The summed E-state index contributed by atoms with van der Waals surface area (Å²) in [5.74, 6) is -0.147. The normalized spacial score (nSPS) is 13.1. The fourth-order valence-electron chi connectivity index (χ4n) is 3.90. The quantitative estimate of drug-likeness (QED) is 0.350. The van der Waals surface area contributed by atoms with Gasteiger partial charge in [-0.05, 0) is 67.3 Å². The maximum absolute atomic E-state index is 13.1. The van der Waals surface area contributed by atoms with Crippen molar-refractivity contribution in [3.05, 3.63) is 87.5 Å². The van der Waals surface area contributed by atoms with E-state index in [0.29, 0.717) is 27.8 Å². The van der Waals surface area contributed by atoms with Gasteiger partial charge in [0.25, 0.3) is 5.91 Å². The second kappa shape index (κ2) is 9.12. The largest absolute Gasteiger partial charge is 0.352 e. The molecule has 1 saturated carbocycles. The van der Waals surface area contributed by atoms with E-state index in [1.54, 1.807) is 18.3 Å². The van der Waals surface area contributed by atoms with Gasteiger partial charge in [0, 0.05) is 22.9 Å². The zero-order valence-electron chi connectivity index (χ0n) is 18.4. The lowest BCUT2D eigenvalue weighted by atomic mass is 10.1. The molecule has 1 heterocycles. The predicted octanol–water partition coefficient (Wildman–Crippen LogP) is 5.92. The average Bonchev–Trinajstić information content (AvgIpc) is 3.60. The van der Waals surface area contributed by atoms with Crippen LogP contribution >= 0.6 is 23.2 Å². The lowest BCUT2D eigenvalue weighted by molar-refractivity contribution is -0.122. The summed E-state index contributed by atoms with van der Waals surface area (Å²) in [6.07, 6.45) is 3.61. The number of hydrogen-bond acceptors (Lipinski definition) is 3. The molecule has 0 radical (unpaired) electrons. The summed E-state index contributed by atoms with van der Waals surface area (Å²) in [6.45, 7) is 2.30. The fraction of sp³-hybridized carbons (Fsp3) is 0.192. The summed E-state index contributed by atoms with van der Waals surface area (Å²) in [5.41, 5.74) is 4.40. The SMILES string of the molecule is Cc1c(Cl)cccc1-n1ncc2c(NC(=O)c3cc(CNC(=O)C4CC4)ccc3Cl)cccc21. The Bertz CT molecular complexity index is 1430. The van der Waals surface area contributed by atoms with Crippen LogP contribution in [0.3, 0.4) is 0 Å². The van der Waals surface area contributed by atoms with Crippen molar-refractivity contribution in [3.8, 4) is 5.69 Å². The number of nitrogens with one attached hydrogen (secondary N) is 2. The van der Waals surface area contributed by atoms with Crippen molar-refractivity contribution in [3.63, 3.8) is 0 Å². The maximum Gasteiger partial charge on any atom is 0.257 e. The number of rotatable bonds is 6. The number of carbonyl (C=O) groups is 2. The van der Waals surface area contributed by atoms with Gasteiger partial charge in [-0.2, -0.15) is 5.10 Å².